The van der Waals surface area contributed by atoms with Crippen LogP contribution in [0.15, 0.2) is 24.3 Å². The zero-order chi connectivity index (χ0) is 15.0. The molecule has 0 radical (unpaired) electrons. The third-order valence-electron chi connectivity index (χ3n) is 2.80. The van der Waals surface area contributed by atoms with Gasteiger partial charge in [-0.1, -0.05) is 32.0 Å². The number of nitrogens with one attached hydrogen (secondary N) is 2. The van der Waals surface area contributed by atoms with Gasteiger partial charge in [0.15, 0.2) is 0 Å². The number of rotatable bonds is 8. The van der Waals surface area contributed by atoms with Gasteiger partial charge in [0.25, 0.3) is 0 Å². The number of carbonyl (C=O) groups excluding carboxylic acids is 1. The highest BCUT2D eigenvalue weighted by molar-refractivity contribution is 5.91. The minimum absolute atomic E-state index is 0.0573. The van der Waals surface area contributed by atoms with Crippen LogP contribution in [-0.2, 0) is 16.0 Å². The monoisotopic (exact) mass is 278 g/mol. The summed E-state index contributed by atoms with van der Waals surface area (Å²) in [6.07, 6.45) is 0.864. The van der Waals surface area contributed by atoms with Crippen LogP contribution >= 0.6 is 0 Å². The number of carbonyl (C=O) groups is 2. The lowest BCUT2D eigenvalue weighted by Gasteiger charge is -2.11. The molecule has 20 heavy (non-hydrogen) atoms. The molecule has 0 aliphatic rings. The fourth-order valence-corrected chi connectivity index (χ4v) is 1.79. The largest absolute Gasteiger partial charge is 0.481 e. The molecule has 1 amide bonds. The zero-order valence-electron chi connectivity index (χ0n) is 12.0. The third kappa shape index (κ3) is 6.33. The fraction of sp³-hybridized carbons (Fsp3) is 0.467. The van der Waals surface area contributed by atoms with E-state index in [4.69, 9.17) is 5.11 Å². The summed E-state index contributed by atoms with van der Waals surface area (Å²) < 4.78 is 0. The molecule has 0 saturated carbocycles. The number of carboxylic acids is 1. The summed E-state index contributed by atoms with van der Waals surface area (Å²) in [7, 11) is 0. The van der Waals surface area contributed by atoms with E-state index in [0.717, 1.165) is 5.56 Å². The highest BCUT2D eigenvalue weighted by Crippen LogP contribution is 2.17. The molecule has 0 fully saturated rings. The highest BCUT2D eigenvalue weighted by Gasteiger charge is 2.08. The smallest absolute Gasteiger partial charge is 0.303 e. The molecule has 0 aromatic heterocycles. The molecule has 5 heteroatoms. The standard InChI is InChI=1S/C15H22N2O3/c1-11(2)16-10-9-14(18)17-13-6-4-3-5-12(13)7-8-15(19)20/h3-6,11,16H,7-10H2,1-2H3,(H,17,18)(H,19,20). The van der Waals surface area contributed by atoms with Crippen LogP contribution in [0.5, 0.6) is 0 Å². The lowest BCUT2D eigenvalue weighted by molar-refractivity contribution is -0.136. The number of amides is 1. The van der Waals surface area contributed by atoms with Gasteiger partial charge in [-0.2, -0.15) is 0 Å². The molecule has 0 unspecified atom stereocenters. The van der Waals surface area contributed by atoms with Crippen molar-refractivity contribution in [2.24, 2.45) is 0 Å². The maximum absolute atomic E-state index is 11.8. The Bertz CT molecular complexity index is 458. The normalized spacial score (nSPS) is 10.6. The fourth-order valence-electron chi connectivity index (χ4n) is 1.79. The number of aliphatic carboxylic acids is 1. The Morgan fingerprint density at radius 3 is 2.55 bits per heavy atom. The number of hydrogen-bond donors (Lipinski definition) is 3. The minimum Gasteiger partial charge on any atom is -0.481 e. The average molecular weight is 278 g/mol. The van der Waals surface area contributed by atoms with Gasteiger partial charge in [-0.15, -0.1) is 0 Å². The van der Waals surface area contributed by atoms with Crippen molar-refractivity contribution in [2.45, 2.75) is 39.2 Å². The molecule has 0 atom stereocenters. The summed E-state index contributed by atoms with van der Waals surface area (Å²) in [5.41, 5.74) is 1.54. The maximum Gasteiger partial charge on any atom is 0.303 e. The number of para-hydroxylation sites is 1. The molecule has 3 N–H and O–H groups in total. The van der Waals surface area contributed by atoms with E-state index < -0.39 is 5.97 Å². The summed E-state index contributed by atoms with van der Waals surface area (Å²) in [4.78, 5) is 22.4. The topological polar surface area (TPSA) is 78.4 Å². The van der Waals surface area contributed by atoms with Gasteiger partial charge in [0.2, 0.25) is 5.91 Å². The quantitative estimate of drug-likeness (QED) is 0.680. The van der Waals surface area contributed by atoms with Crippen molar-refractivity contribution in [1.82, 2.24) is 5.32 Å². The number of carboxylic acid groups (broad SMARTS) is 1. The first kappa shape index (κ1) is 16.2. The van der Waals surface area contributed by atoms with Crippen LogP contribution in [0.4, 0.5) is 5.69 Å². The van der Waals surface area contributed by atoms with E-state index in [2.05, 4.69) is 10.6 Å². The number of hydrogen-bond acceptors (Lipinski definition) is 3. The van der Waals surface area contributed by atoms with E-state index in [-0.39, 0.29) is 12.3 Å². The van der Waals surface area contributed by atoms with Gasteiger partial charge in [-0.3, -0.25) is 9.59 Å². The number of anilines is 1. The Labute approximate surface area is 119 Å². The molecule has 1 rings (SSSR count). The second kappa shape index (κ2) is 8.32. The van der Waals surface area contributed by atoms with E-state index >= 15 is 0 Å². The first-order valence-electron chi connectivity index (χ1n) is 6.82. The SMILES string of the molecule is CC(C)NCCC(=O)Nc1ccccc1CCC(=O)O. The van der Waals surface area contributed by atoms with E-state index in [0.29, 0.717) is 31.1 Å². The molecule has 0 bridgehead atoms. The van der Waals surface area contributed by atoms with Crippen molar-refractivity contribution >= 4 is 17.6 Å². The summed E-state index contributed by atoms with van der Waals surface area (Å²) in [5, 5.41) is 14.7. The lowest BCUT2D eigenvalue weighted by Crippen LogP contribution is -2.27. The van der Waals surface area contributed by atoms with E-state index in [1.807, 2.05) is 32.0 Å². The predicted molar refractivity (Wildman–Crippen MR) is 78.8 cm³/mol. The van der Waals surface area contributed by atoms with Gasteiger partial charge in [-0.25, -0.2) is 0 Å². The average Bonchev–Trinajstić information content (AvgIpc) is 2.37. The molecule has 5 nitrogen and oxygen atoms in total. The summed E-state index contributed by atoms with van der Waals surface area (Å²) in [6, 6.07) is 7.65. The lowest BCUT2D eigenvalue weighted by atomic mass is 10.1. The minimum atomic E-state index is -0.840. The van der Waals surface area contributed by atoms with Crippen molar-refractivity contribution in [2.75, 3.05) is 11.9 Å². The van der Waals surface area contributed by atoms with Crippen LogP contribution in [0, 0.1) is 0 Å². The Kier molecular flexibility index (Phi) is 6.73. The first-order chi connectivity index (χ1) is 9.49. The third-order valence-corrected chi connectivity index (χ3v) is 2.80. The van der Waals surface area contributed by atoms with Gasteiger partial charge in [0.05, 0.1) is 0 Å². The van der Waals surface area contributed by atoms with Crippen molar-refractivity contribution < 1.29 is 14.7 Å². The van der Waals surface area contributed by atoms with Gasteiger partial charge < -0.3 is 15.7 Å². The van der Waals surface area contributed by atoms with Gasteiger partial charge in [0, 0.05) is 31.1 Å². The highest BCUT2D eigenvalue weighted by atomic mass is 16.4. The van der Waals surface area contributed by atoms with E-state index in [1.54, 1.807) is 6.07 Å². The molecule has 0 spiro atoms. The van der Waals surface area contributed by atoms with Crippen LogP contribution in [-0.4, -0.2) is 29.6 Å². The maximum atomic E-state index is 11.8. The van der Waals surface area contributed by atoms with Crippen LogP contribution < -0.4 is 10.6 Å². The van der Waals surface area contributed by atoms with Gasteiger partial charge in [-0.05, 0) is 18.1 Å². The van der Waals surface area contributed by atoms with Crippen molar-refractivity contribution in [3.05, 3.63) is 29.8 Å². The van der Waals surface area contributed by atoms with E-state index in [1.165, 1.54) is 0 Å². The summed E-state index contributed by atoms with van der Waals surface area (Å²) >= 11 is 0. The zero-order valence-corrected chi connectivity index (χ0v) is 12.0. The number of aryl methyl sites for hydroxylation is 1. The number of benzene rings is 1. The Balaban J connectivity index is 2.53. The molecule has 0 saturated heterocycles. The predicted octanol–water partition coefficient (Wildman–Crippen LogP) is 2.03. The Morgan fingerprint density at radius 1 is 1.20 bits per heavy atom. The van der Waals surface area contributed by atoms with Gasteiger partial charge >= 0.3 is 5.97 Å². The van der Waals surface area contributed by atoms with Crippen LogP contribution in [0.2, 0.25) is 0 Å². The Morgan fingerprint density at radius 2 is 1.90 bits per heavy atom. The van der Waals surface area contributed by atoms with Gasteiger partial charge in [0.1, 0.15) is 0 Å². The van der Waals surface area contributed by atoms with E-state index in [9.17, 15) is 9.59 Å². The molecule has 1 aromatic rings. The van der Waals surface area contributed by atoms with Crippen molar-refractivity contribution in [1.29, 1.82) is 0 Å². The van der Waals surface area contributed by atoms with Crippen LogP contribution in [0.3, 0.4) is 0 Å². The molecule has 0 aliphatic carbocycles. The second-order valence-electron chi connectivity index (χ2n) is 4.96. The molecule has 0 heterocycles. The van der Waals surface area contributed by atoms with Crippen LogP contribution in [0.1, 0.15) is 32.3 Å². The van der Waals surface area contributed by atoms with Crippen molar-refractivity contribution in [3.8, 4) is 0 Å². The van der Waals surface area contributed by atoms with Crippen LogP contribution in [0.25, 0.3) is 0 Å². The van der Waals surface area contributed by atoms with Crippen molar-refractivity contribution in [3.63, 3.8) is 0 Å². The summed E-state index contributed by atoms with van der Waals surface area (Å²) in [6.45, 7) is 4.68. The molecular formula is C15H22N2O3. The first-order valence-corrected chi connectivity index (χ1v) is 6.82. The molecule has 0 aliphatic heterocycles. The molecular weight excluding hydrogens is 256 g/mol. The summed E-state index contributed by atoms with van der Waals surface area (Å²) in [5.74, 6) is -0.909. The second-order valence-corrected chi connectivity index (χ2v) is 4.96. The molecule has 110 valence electrons. The molecule has 1 aromatic carbocycles. The Hall–Kier alpha value is -1.88.